The molecular weight excluding hydrogens is 222 g/mol. The fourth-order valence-electron chi connectivity index (χ4n) is 2.21. The quantitative estimate of drug-likeness (QED) is 0.875. The van der Waals surface area contributed by atoms with Crippen LogP contribution in [0.25, 0.3) is 0 Å². The summed E-state index contributed by atoms with van der Waals surface area (Å²) in [5, 5.41) is 11.7. The zero-order valence-electron chi connectivity index (χ0n) is 9.47. The molecule has 4 heteroatoms. The molecule has 0 amide bonds. The third-order valence-corrected chi connectivity index (χ3v) is 3.19. The largest absolute Gasteiger partial charge is 0.310 e. The Bertz CT molecular complexity index is 422. The van der Waals surface area contributed by atoms with Gasteiger partial charge in [-0.1, -0.05) is 12.8 Å². The van der Waals surface area contributed by atoms with Crippen LogP contribution in [0.3, 0.4) is 0 Å². The first-order valence-corrected chi connectivity index (χ1v) is 5.82. The van der Waals surface area contributed by atoms with Crippen molar-refractivity contribution in [3.8, 4) is 6.07 Å². The van der Waals surface area contributed by atoms with E-state index in [0.29, 0.717) is 6.04 Å². The molecule has 0 saturated heterocycles. The Morgan fingerprint density at radius 2 is 1.82 bits per heavy atom. The fraction of sp³-hybridized carbons (Fsp3) is 0.462. The van der Waals surface area contributed by atoms with Crippen LogP contribution in [0.1, 0.15) is 36.8 Å². The molecule has 0 aromatic heterocycles. The van der Waals surface area contributed by atoms with E-state index >= 15 is 0 Å². The SMILES string of the molecule is N#Cc1cc(F)c(CNC2CCCC2)c(F)c1. The highest BCUT2D eigenvalue weighted by atomic mass is 19.1. The van der Waals surface area contributed by atoms with Crippen LogP contribution in [-0.2, 0) is 6.54 Å². The van der Waals surface area contributed by atoms with Crippen LogP contribution >= 0.6 is 0 Å². The van der Waals surface area contributed by atoms with Crippen LogP contribution in [-0.4, -0.2) is 6.04 Å². The molecule has 17 heavy (non-hydrogen) atoms. The molecule has 1 aromatic carbocycles. The monoisotopic (exact) mass is 236 g/mol. The van der Waals surface area contributed by atoms with Gasteiger partial charge in [-0.2, -0.15) is 5.26 Å². The van der Waals surface area contributed by atoms with Crippen LogP contribution in [0, 0.1) is 23.0 Å². The van der Waals surface area contributed by atoms with Crippen LogP contribution in [0.2, 0.25) is 0 Å². The maximum Gasteiger partial charge on any atom is 0.131 e. The van der Waals surface area contributed by atoms with Gasteiger partial charge in [-0.15, -0.1) is 0 Å². The molecule has 0 spiro atoms. The summed E-state index contributed by atoms with van der Waals surface area (Å²) >= 11 is 0. The van der Waals surface area contributed by atoms with Crippen molar-refractivity contribution in [1.29, 1.82) is 5.26 Å². The molecule has 0 unspecified atom stereocenters. The van der Waals surface area contributed by atoms with E-state index in [9.17, 15) is 8.78 Å². The smallest absolute Gasteiger partial charge is 0.131 e. The minimum Gasteiger partial charge on any atom is -0.310 e. The van der Waals surface area contributed by atoms with Gasteiger partial charge in [0.15, 0.2) is 0 Å². The van der Waals surface area contributed by atoms with Crippen molar-refractivity contribution in [3.05, 3.63) is 34.9 Å². The molecule has 0 atom stereocenters. The second-order valence-electron chi connectivity index (χ2n) is 4.39. The minimum atomic E-state index is -0.646. The highest BCUT2D eigenvalue weighted by Gasteiger charge is 2.16. The molecule has 2 rings (SSSR count). The van der Waals surface area contributed by atoms with Gasteiger partial charge in [-0.05, 0) is 25.0 Å². The Labute approximate surface area is 99.3 Å². The minimum absolute atomic E-state index is 0.0182. The fourth-order valence-corrected chi connectivity index (χ4v) is 2.21. The molecule has 1 fully saturated rings. The van der Waals surface area contributed by atoms with E-state index in [1.807, 2.05) is 0 Å². The van der Waals surface area contributed by atoms with Gasteiger partial charge in [-0.3, -0.25) is 0 Å². The van der Waals surface area contributed by atoms with Crippen LogP contribution in [0.15, 0.2) is 12.1 Å². The lowest BCUT2D eigenvalue weighted by atomic mass is 10.1. The van der Waals surface area contributed by atoms with E-state index in [2.05, 4.69) is 5.32 Å². The van der Waals surface area contributed by atoms with Gasteiger partial charge in [0, 0.05) is 18.2 Å². The van der Waals surface area contributed by atoms with Gasteiger partial charge in [0.2, 0.25) is 0 Å². The second-order valence-corrected chi connectivity index (χ2v) is 4.39. The summed E-state index contributed by atoms with van der Waals surface area (Å²) in [7, 11) is 0. The van der Waals surface area contributed by atoms with Crippen LogP contribution in [0.5, 0.6) is 0 Å². The van der Waals surface area contributed by atoms with Gasteiger partial charge in [0.05, 0.1) is 11.6 Å². The first kappa shape index (κ1) is 12.0. The average molecular weight is 236 g/mol. The Morgan fingerprint density at radius 3 is 2.35 bits per heavy atom. The number of nitrogens with zero attached hydrogens (tertiary/aromatic N) is 1. The van der Waals surface area contributed by atoms with E-state index in [1.54, 1.807) is 6.07 Å². The summed E-state index contributed by atoms with van der Waals surface area (Å²) in [6.45, 7) is 0.189. The molecule has 1 N–H and O–H groups in total. The van der Waals surface area contributed by atoms with Crippen molar-refractivity contribution in [2.75, 3.05) is 0 Å². The summed E-state index contributed by atoms with van der Waals surface area (Å²) in [6, 6.07) is 4.25. The number of hydrogen-bond acceptors (Lipinski definition) is 2. The molecule has 0 aliphatic heterocycles. The molecule has 1 aliphatic carbocycles. The average Bonchev–Trinajstić information content (AvgIpc) is 2.80. The van der Waals surface area contributed by atoms with Gasteiger partial charge in [0.25, 0.3) is 0 Å². The van der Waals surface area contributed by atoms with E-state index in [4.69, 9.17) is 5.26 Å². The molecule has 0 heterocycles. The lowest BCUT2D eigenvalue weighted by molar-refractivity contribution is 0.486. The van der Waals surface area contributed by atoms with Gasteiger partial charge >= 0.3 is 0 Å². The molecule has 2 nitrogen and oxygen atoms in total. The van der Waals surface area contributed by atoms with E-state index in [1.165, 1.54) is 12.8 Å². The predicted molar refractivity (Wildman–Crippen MR) is 60.2 cm³/mol. The maximum atomic E-state index is 13.5. The number of nitrogens with one attached hydrogen (secondary N) is 1. The summed E-state index contributed by atoms with van der Waals surface area (Å²) in [5.41, 5.74) is 0.0421. The van der Waals surface area contributed by atoms with E-state index < -0.39 is 11.6 Å². The molecule has 0 radical (unpaired) electrons. The Kier molecular flexibility index (Phi) is 3.70. The van der Waals surface area contributed by atoms with Crippen molar-refractivity contribution in [2.45, 2.75) is 38.3 Å². The third kappa shape index (κ3) is 2.80. The zero-order chi connectivity index (χ0) is 12.3. The normalized spacial score (nSPS) is 16.1. The number of nitriles is 1. The Balaban J connectivity index is 2.07. The molecular formula is C13H14F2N2. The predicted octanol–water partition coefficient (Wildman–Crippen LogP) is 2.87. The standard InChI is InChI=1S/C13H14F2N2/c14-12-5-9(7-16)6-13(15)11(12)8-17-10-3-1-2-4-10/h5-6,10,17H,1-4,8H2. The molecule has 90 valence electrons. The van der Waals surface area contributed by atoms with Gasteiger partial charge in [0.1, 0.15) is 11.6 Å². The molecule has 1 aliphatic rings. The van der Waals surface area contributed by atoms with Crippen LogP contribution < -0.4 is 5.32 Å². The maximum absolute atomic E-state index is 13.5. The Hall–Kier alpha value is -1.47. The first-order valence-electron chi connectivity index (χ1n) is 5.82. The Morgan fingerprint density at radius 1 is 1.24 bits per heavy atom. The topological polar surface area (TPSA) is 35.8 Å². The first-order chi connectivity index (χ1) is 8.20. The van der Waals surface area contributed by atoms with Crippen molar-refractivity contribution in [2.24, 2.45) is 0 Å². The lowest BCUT2D eigenvalue weighted by Gasteiger charge is -2.12. The van der Waals surface area contributed by atoms with Crippen molar-refractivity contribution < 1.29 is 8.78 Å². The van der Waals surface area contributed by atoms with Gasteiger partial charge < -0.3 is 5.32 Å². The molecule has 1 saturated carbocycles. The third-order valence-electron chi connectivity index (χ3n) is 3.19. The highest BCUT2D eigenvalue weighted by Crippen LogP contribution is 2.20. The van der Waals surface area contributed by atoms with Crippen molar-refractivity contribution in [3.63, 3.8) is 0 Å². The molecule has 1 aromatic rings. The number of hydrogen-bond donors (Lipinski definition) is 1. The number of benzene rings is 1. The van der Waals surface area contributed by atoms with Crippen molar-refractivity contribution in [1.82, 2.24) is 5.32 Å². The summed E-state index contributed by atoms with van der Waals surface area (Å²) in [4.78, 5) is 0. The summed E-state index contributed by atoms with van der Waals surface area (Å²) < 4.78 is 27.1. The van der Waals surface area contributed by atoms with Crippen molar-refractivity contribution >= 4 is 0 Å². The van der Waals surface area contributed by atoms with Crippen LogP contribution in [0.4, 0.5) is 8.78 Å². The van der Waals surface area contributed by atoms with E-state index in [-0.39, 0.29) is 17.7 Å². The lowest BCUT2D eigenvalue weighted by Crippen LogP contribution is -2.26. The van der Waals surface area contributed by atoms with E-state index in [0.717, 1.165) is 25.0 Å². The molecule has 0 bridgehead atoms. The summed E-state index contributed by atoms with van der Waals surface area (Å²) in [6.07, 6.45) is 4.49. The second kappa shape index (κ2) is 5.24. The zero-order valence-corrected chi connectivity index (χ0v) is 9.47. The van der Waals surface area contributed by atoms with Gasteiger partial charge in [-0.25, -0.2) is 8.78 Å². The number of halogens is 2. The summed E-state index contributed by atoms with van der Waals surface area (Å²) in [5.74, 6) is -1.29. The number of rotatable bonds is 3. The highest BCUT2D eigenvalue weighted by molar-refractivity contribution is 5.34.